The predicted molar refractivity (Wildman–Crippen MR) is 139 cm³/mol. The molecule has 2 aliphatic rings. The number of piperidine rings is 1. The van der Waals surface area contributed by atoms with Crippen LogP contribution in [0.4, 0.5) is 5.69 Å². The molecule has 8 nitrogen and oxygen atoms in total. The van der Waals surface area contributed by atoms with E-state index in [1.165, 1.54) is 39.0 Å². The van der Waals surface area contributed by atoms with E-state index < -0.39 is 5.91 Å². The van der Waals surface area contributed by atoms with Crippen molar-refractivity contribution < 1.29 is 4.79 Å². The van der Waals surface area contributed by atoms with Crippen molar-refractivity contribution in [3.63, 3.8) is 0 Å². The van der Waals surface area contributed by atoms with Crippen molar-refractivity contribution in [2.75, 3.05) is 51.2 Å². The summed E-state index contributed by atoms with van der Waals surface area (Å²) < 4.78 is 1.87. The fourth-order valence-corrected chi connectivity index (χ4v) is 5.65. The third-order valence-electron chi connectivity index (χ3n) is 7.70. The molecule has 2 fully saturated rings. The lowest BCUT2D eigenvalue weighted by molar-refractivity contribution is 0.0982. The van der Waals surface area contributed by atoms with E-state index in [1.54, 1.807) is 6.07 Å². The number of piperazine rings is 1. The highest BCUT2D eigenvalue weighted by Crippen LogP contribution is 2.33. The maximum atomic E-state index is 11.9. The van der Waals surface area contributed by atoms with E-state index >= 15 is 0 Å². The molecule has 180 valence electrons. The van der Waals surface area contributed by atoms with Gasteiger partial charge in [0, 0.05) is 56.4 Å². The topological polar surface area (TPSA) is 83.0 Å². The van der Waals surface area contributed by atoms with Gasteiger partial charge in [0.05, 0.1) is 24.3 Å². The Balaban J connectivity index is 1.25. The number of amides is 1. The molecule has 35 heavy (non-hydrogen) atoms. The number of hydrogen-bond acceptors (Lipinski definition) is 6. The van der Waals surface area contributed by atoms with E-state index in [1.807, 2.05) is 47.2 Å². The molecular formula is C27H31N7O. The Morgan fingerprint density at radius 2 is 1.66 bits per heavy atom. The third kappa shape index (κ3) is 4.02. The fourth-order valence-electron chi connectivity index (χ4n) is 5.65. The number of carbonyl (C=O) groups excluding carboxylic acids is 1. The van der Waals surface area contributed by atoms with Gasteiger partial charge in [-0.05, 0) is 42.3 Å². The monoisotopic (exact) mass is 469 g/mol. The predicted octanol–water partition coefficient (Wildman–Crippen LogP) is 2.86. The van der Waals surface area contributed by atoms with Gasteiger partial charge in [0.1, 0.15) is 0 Å². The minimum absolute atomic E-state index is 0.424. The number of nitrogens with zero attached hydrogens (tertiary/aromatic N) is 6. The minimum atomic E-state index is -0.424. The molecule has 0 aliphatic carbocycles. The van der Waals surface area contributed by atoms with Gasteiger partial charge in [0.25, 0.3) is 0 Å². The van der Waals surface area contributed by atoms with Crippen molar-refractivity contribution in [3.8, 4) is 11.1 Å². The van der Waals surface area contributed by atoms with Gasteiger partial charge in [0.2, 0.25) is 5.91 Å². The summed E-state index contributed by atoms with van der Waals surface area (Å²) in [5.74, 6) is -0.424. The van der Waals surface area contributed by atoms with Crippen molar-refractivity contribution in [2.45, 2.75) is 18.9 Å². The summed E-state index contributed by atoms with van der Waals surface area (Å²) in [6.45, 7) is 6.78. The van der Waals surface area contributed by atoms with Crippen molar-refractivity contribution in [3.05, 3.63) is 60.6 Å². The van der Waals surface area contributed by atoms with Crippen LogP contribution in [-0.4, -0.2) is 82.7 Å². The highest BCUT2D eigenvalue weighted by molar-refractivity contribution is 6.10. The maximum absolute atomic E-state index is 11.9. The number of carbonyl (C=O) groups is 1. The number of nitrogens with two attached hydrogens (primary N) is 1. The molecule has 0 saturated carbocycles. The first-order chi connectivity index (χ1) is 17.1. The van der Waals surface area contributed by atoms with Crippen LogP contribution in [-0.2, 0) is 0 Å². The molecule has 1 amide bonds. The Labute approximate surface area is 204 Å². The number of benzene rings is 2. The number of aromatic nitrogens is 3. The first-order valence-electron chi connectivity index (χ1n) is 12.4. The fraction of sp³-hybridized carbons (Fsp3) is 0.370. The molecule has 2 aliphatic heterocycles. The van der Waals surface area contributed by atoms with Crippen molar-refractivity contribution >= 4 is 28.0 Å². The Morgan fingerprint density at radius 3 is 2.43 bits per heavy atom. The van der Waals surface area contributed by atoms with Gasteiger partial charge in [0.15, 0.2) is 5.65 Å². The second-order valence-electron chi connectivity index (χ2n) is 9.77. The van der Waals surface area contributed by atoms with Crippen LogP contribution in [0.1, 0.15) is 23.2 Å². The van der Waals surface area contributed by atoms with Crippen molar-refractivity contribution in [2.24, 2.45) is 5.73 Å². The van der Waals surface area contributed by atoms with Crippen LogP contribution in [0, 0.1) is 0 Å². The first kappa shape index (κ1) is 22.0. The van der Waals surface area contributed by atoms with Crippen LogP contribution in [0.15, 0.2) is 55.0 Å². The van der Waals surface area contributed by atoms with Crippen LogP contribution < -0.4 is 10.6 Å². The molecule has 8 heteroatoms. The second-order valence-corrected chi connectivity index (χ2v) is 9.77. The maximum Gasteiger partial charge on any atom is 0.249 e. The van der Waals surface area contributed by atoms with Gasteiger partial charge in [-0.3, -0.25) is 9.69 Å². The Kier molecular flexibility index (Phi) is 5.62. The van der Waals surface area contributed by atoms with Crippen LogP contribution in [0.2, 0.25) is 0 Å². The highest BCUT2D eigenvalue weighted by Gasteiger charge is 2.27. The van der Waals surface area contributed by atoms with Gasteiger partial charge in [-0.25, -0.2) is 9.50 Å². The first-order valence-corrected chi connectivity index (χ1v) is 12.4. The van der Waals surface area contributed by atoms with Gasteiger partial charge < -0.3 is 15.5 Å². The standard InChI is InChI=1S/C27H31N7O/c1-31-12-14-33(15-13-31)19-8-10-32(11-9-19)20-16-29-27-25(17-30-34(27)18-20)23-6-2-5-22-21(23)4-3-7-24(22)26(28)35/h2-7,16-19H,8-15H2,1H3,(H2,28,35). The lowest BCUT2D eigenvalue weighted by Gasteiger charge is -2.42. The molecule has 2 aromatic carbocycles. The van der Waals surface area contributed by atoms with Crippen molar-refractivity contribution in [1.29, 1.82) is 0 Å². The SMILES string of the molecule is CN1CCN(C2CCN(c3cnc4c(-c5cccc6c(C(N)=O)cccc56)cnn4c3)CC2)CC1. The van der Waals surface area contributed by atoms with Gasteiger partial charge in [-0.2, -0.15) is 5.10 Å². The molecule has 2 N–H and O–H groups in total. The van der Waals surface area contributed by atoms with Crippen molar-refractivity contribution in [1.82, 2.24) is 24.4 Å². The number of fused-ring (bicyclic) bond motifs is 2. The lowest BCUT2D eigenvalue weighted by atomic mass is 9.97. The molecule has 4 aromatic rings. The van der Waals surface area contributed by atoms with Crippen LogP contribution in [0.5, 0.6) is 0 Å². The molecule has 0 atom stereocenters. The Morgan fingerprint density at radius 1 is 0.914 bits per heavy atom. The smallest absolute Gasteiger partial charge is 0.249 e. The summed E-state index contributed by atoms with van der Waals surface area (Å²) >= 11 is 0. The number of hydrogen-bond donors (Lipinski definition) is 1. The molecule has 2 saturated heterocycles. The van der Waals surface area contributed by atoms with Gasteiger partial charge in [-0.1, -0.05) is 30.3 Å². The average Bonchev–Trinajstić information content (AvgIpc) is 3.31. The Hall–Kier alpha value is -3.49. The molecule has 0 bridgehead atoms. The molecule has 0 unspecified atom stereocenters. The number of anilines is 1. The summed E-state index contributed by atoms with van der Waals surface area (Å²) in [6.07, 6.45) is 8.28. The zero-order chi connectivity index (χ0) is 23.9. The molecule has 4 heterocycles. The van der Waals surface area contributed by atoms with Crippen LogP contribution >= 0.6 is 0 Å². The zero-order valence-electron chi connectivity index (χ0n) is 20.1. The van der Waals surface area contributed by atoms with Crippen LogP contribution in [0.25, 0.3) is 27.5 Å². The van der Waals surface area contributed by atoms with Gasteiger partial charge >= 0.3 is 0 Å². The summed E-state index contributed by atoms with van der Waals surface area (Å²) in [5, 5.41) is 6.45. The van der Waals surface area contributed by atoms with Gasteiger partial charge in [-0.15, -0.1) is 0 Å². The quantitative estimate of drug-likeness (QED) is 0.495. The van der Waals surface area contributed by atoms with Crippen LogP contribution in [0.3, 0.4) is 0 Å². The summed E-state index contributed by atoms with van der Waals surface area (Å²) in [4.78, 5) is 24.3. The molecular weight excluding hydrogens is 438 g/mol. The number of primary amides is 1. The summed E-state index contributed by atoms with van der Waals surface area (Å²) in [7, 11) is 2.21. The highest BCUT2D eigenvalue weighted by atomic mass is 16.1. The van der Waals surface area contributed by atoms with E-state index in [0.717, 1.165) is 46.3 Å². The Bertz CT molecular complexity index is 1380. The second kappa shape index (κ2) is 8.94. The number of likely N-dealkylation sites (N-methyl/N-ethyl adjacent to an activating group) is 1. The van der Waals surface area contributed by atoms with E-state index in [-0.39, 0.29) is 0 Å². The summed E-state index contributed by atoms with van der Waals surface area (Å²) in [6, 6.07) is 12.3. The molecule has 0 spiro atoms. The minimum Gasteiger partial charge on any atom is -0.369 e. The average molecular weight is 470 g/mol. The summed E-state index contributed by atoms with van der Waals surface area (Å²) in [5.41, 5.74) is 9.98. The van der Waals surface area contributed by atoms with E-state index in [2.05, 4.69) is 33.0 Å². The zero-order valence-corrected chi connectivity index (χ0v) is 20.1. The molecule has 2 aromatic heterocycles. The third-order valence-corrected chi connectivity index (χ3v) is 7.70. The van der Waals surface area contributed by atoms with E-state index in [9.17, 15) is 4.79 Å². The molecule has 0 radical (unpaired) electrons. The number of rotatable bonds is 4. The van der Waals surface area contributed by atoms with E-state index in [4.69, 9.17) is 10.7 Å². The normalized spacial score (nSPS) is 18.5. The lowest BCUT2D eigenvalue weighted by Crippen LogP contribution is -2.52. The molecule has 6 rings (SSSR count). The largest absolute Gasteiger partial charge is 0.369 e. The van der Waals surface area contributed by atoms with E-state index in [0.29, 0.717) is 11.6 Å².